The largest absolute Gasteiger partial charge is 0.508 e. The maximum atomic E-state index is 13.4. The fraction of sp³-hybridized carbons (Fsp3) is 0.185. The van der Waals surface area contributed by atoms with Crippen LogP contribution in [0.25, 0.3) is 10.8 Å². The van der Waals surface area contributed by atoms with E-state index in [-0.39, 0.29) is 17.3 Å². The van der Waals surface area contributed by atoms with Crippen molar-refractivity contribution in [2.45, 2.75) is 32.2 Å². The molecular weight excluding hydrogens is 402 g/mol. The molecule has 1 aromatic heterocycles. The molecule has 1 heterocycles. The maximum Gasteiger partial charge on any atom is 0.288 e. The summed E-state index contributed by atoms with van der Waals surface area (Å²) in [6.07, 6.45) is 1.86. The Morgan fingerprint density at radius 3 is 2.53 bits per heavy atom. The number of nitrogens with one attached hydrogen (secondary N) is 1. The molecule has 1 unspecified atom stereocenters. The second-order valence-corrected chi connectivity index (χ2v) is 8.17. The summed E-state index contributed by atoms with van der Waals surface area (Å²) in [6.45, 7) is 1.76. The van der Waals surface area contributed by atoms with Crippen LogP contribution >= 0.6 is 0 Å². The first-order valence-electron chi connectivity index (χ1n) is 10.8. The van der Waals surface area contributed by atoms with E-state index >= 15 is 0 Å². The van der Waals surface area contributed by atoms with Crippen molar-refractivity contribution in [3.63, 3.8) is 0 Å². The summed E-state index contributed by atoms with van der Waals surface area (Å²) in [4.78, 5) is 25.8. The number of fused-ring (bicyclic) bond motifs is 2. The van der Waals surface area contributed by atoms with Gasteiger partial charge in [0.1, 0.15) is 11.5 Å². The standard InChI is InChI=1S/C27H23NO4/c1-16-23-20(29)12-7-13-22(23)32-26(16)27(31)28-25(18-9-3-2-4-10-18)24-19-11-6-5-8-17(19)14-15-21(24)30/h2-6,8-11,14-15,25,30H,7,12-13H2,1H3,(H,28,31). The smallest absolute Gasteiger partial charge is 0.288 e. The van der Waals surface area contributed by atoms with Crippen molar-refractivity contribution in [2.24, 2.45) is 0 Å². The summed E-state index contributed by atoms with van der Waals surface area (Å²) in [5.41, 5.74) is 2.58. The van der Waals surface area contributed by atoms with E-state index in [1.807, 2.05) is 60.7 Å². The third-order valence-corrected chi connectivity index (χ3v) is 6.16. The fourth-order valence-electron chi connectivity index (χ4n) is 4.62. The molecule has 2 N–H and O–H groups in total. The van der Waals surface area contributed by atoms with Crippen LogP contribution in [0.3, 0.4) is 0 Å². The van der Waals surface area contributed by atoms with E-state index in [9.17, 15) is 14.7 Å². The predicted octanol–water partition coefficient (Wildman–Crippen LogP) is 5.49. The molecule has 32 heavy (non-hydrogen) atoms. The van der Waals surface area contributed by atoms with E-state index in [1.54, 1.807) is 13.0 Å². The van der Waals surface area contributed by atoms with Crippen molar-refractivity contribution in [1.82, 2.24) is 5.32 Å². The molecule has 1 amide bonds. The summed E-state index contributed by atoms with van der Waals surface area (Å²) < 4.78 is 5.86. The van der Waals surface area contributed by atoms with E-state index < -0.39 is 11.9 Å². The van der Waals surface area contributed by atoms with Crippen LogP contribution in [0.5, 0.6) is 5.75 Å². The molecule has 0 aliphatic heterocycles. The normalized spacial score (nSPS) is 14.2. The van der Waals surface area contributed by atoms with Crippen molar-refractivity contribution in [2.75, 3.05) is 0 Å². The summed E-state index contributed by atoms with van der Waals surface area (Å²) in [5.74, 6) is 0.464. The average molecular weight is 425 g/mol. The van der Waals surface area contributed by atoms with Crippen LogP contribution in [0.4, 0.5) is 0 Å². The Morgan fingerprint density at radius 1 is 1.00 bits per heavy atom. The topological polar surface area (TPSA) is 79.5 Å². The summed E-state index contributed by atoms with van der Waals surface area (Å²) in [5, 5.41) is 15.7. The van der Waals surface area contributed by atoms with Gasteiger partial charge in [0.05, 0.1) is 11.6 Å². The number of carbonyl (C=O) groups is 2. The number of furan rings is 1. The Balaban J connectivity index is 1.61. The molecule has 1 aliphatic carbocycles. The van der Waals surface area contributed by atoms with Gasteiger partial charge in [0.2, 0.25) is 0 Å². The number of hydrogen-bond donors (Lipinski definition) is 2. The minimum absolute atomic E-state index is 0.0258. The lowest BCUT2D eigenvalue weighted by Gasteiger charge is -2.22. The van der Waals surface area contributed by atoms with Gasteiger partial charge in [-0.05, 0) is 35.7 Å². The number of aryl methyl sites for hydroxylation is 1. The van der Waals surface area contributed by atoms with E-state index in [0.29, 0.717) is 35.3 Å². The fourth-order valence-corrected chi connectivity index (χ4v) is 4.62. The van der Waals surface area contributed by atoms with Crippen molar-refractivity contribution in [3.8, 4) is 5.75 Å². The van der Waals surface area contributed by atoms with Gasteiger partial charge in [-0.1, -0.05) is 60.7 Å². The van der Waals surface area contributed by atoms with Crippen molar-refractivity contribution in [1.29, 1.82) is 0 Å². The van der Waals surface area contributed by atoms with Gasteiger partial charge < -0.3 is 14.8 Å². The maximum absolute atomic E-state index is 13.4. The Kier molecular flexibility index (Phi) is 5.02. The van der Waals surface area contributed by atoms with Crippen LogP contribution in [0.2, 0.25) is 0 Å². The van der Waals surface area contributed by atoms with Crippen LogP contribution in [-0.2, 0) is 6.42 Å². The number of ketones is 1. The molecule has 5 nitrogen and oxygen atoms in total. The Labute approximate surface area is 185 Å². The number of hydrogen-bond acceptors (Lipinski definition) is 4. The third-order valence-electron chi connectivity index (χ3n) is 6.16. The second kappa shape index (κ2) is 8.00. The summed E-state index contributed by atoms with van der Waals surface area (Å²) >= 11 is 0. The minimum Gasteiger partial charge on any atom is -0.508 e. The third kappa shape index (κ3) is 3.36. The average Bonchev–Trinajstić information content (AvgIpc) is 3.16. The number of phenols is 1. The molecule has 4 aromatic rings. The quantitative estimate of drug-likeness (QED) is 0.453. The van der Waals surface area contributed by atoms with Gasteiger partial charge in [0.25, 0.3) is 5.91 Å². The van der Waals surface area contributed by atoms with Gasteiger partial charge in [0, 0.05) is 24.0 Å². The number of amides is 1. The van der Waals surface area contributed by atoms with Crippen LogP contribution in [0.15, 0.2) is 71.1 Å². The summed E-state index contributed by atoms with van der Waals surface area (Å²) in [7, 11) is 0. The van der Waals surface area contributed by atoms with Gasteiger partial charge in [0.15, 0.2) is 11.5 Å². The number of rotatable bonds is 4. The number of Topliss-reactive ketones (excluding diaryl/α,β-unsaturated/α-hetero) is 1. The molecule has 0 saturated heterocycles. The molecular formula is C27H23NO4. The Bertz CT molecular complexity index is 1340. The Morgan fingerprint density at radius 2 is 1.75 bits per heavy atom. The minimum atomic E-state index is -0.605. The van der Waals surface area contributed by atoms with Gasteiger partial charge in [-0.3, -0.25) is 9.59 Å². The first-order valence-corrected chi connectivity index (χ1v) is 10.8. The Hall–Kier alpha value is -3.86. The van der Waals surface area contributed by atoms with Crippen LogP contribution in [-0.4, -0.2) is 16.8 Å². The van der Waals surface area contributed by atoms with Crippen molar-refractivity contribution in [3.05, 3.63) is 101 Å². The van der Waals surface area contributed by atoms with E-state index in [2.05, 4.69) is 5.32 Å². The summed E-state index contributed by atoms with van der Waals surface area (Å²) in [6, 6.07) is 20.2. The van der Waals surface area contributed by atoms with E-state index in [0.717, 1.165) is 22.8 Å². The van der Waals surface area contributed by atoms with Crippen molar-refractivity contribution >= 4 is 22.5 Å². The van der Waals surface area contributed by atoms with Crippen LogP contribution < -0.4 is 5.32 Å². The van der Waals surface area contributed by atoms with Crippen LogP contribution in [0, 0.1) is 6.92 Å². The molecule has 0 saturated carbocycles. The van der Waals surface area contributed by atoms with Crippen molar-refractivity contribution < 1.29 is 19.1 Å². The zero-order valence-electron chi connectivity index (χ0n) is 17.7. The number of aromatic hydroxyl groups is 1. The molecule has 160 valence electrons. The molecule has 0 radical (unpaired) electrons. The van der Waals surface area contributed by atoms with Gasteiger partial charge >= 0.3 is 0 Å². The second-order valence-electron chi connectivity index (χ2n) is 8.17. The van der Waals surface area contributed by atoms with Gasteiger partial charge in [-0.25, -0.2) is 0 Å². The number of benzene rings is 3. The monoisotopic (exact) mass is 425 g/mol. The number of carbonyl (C=O) groups excluding carboxylic acids is 2. The highest BCUT2D eigenvalue weighted by molar-refractivity contribution is 6.03. The highest BCUT2D eigenvalue weighted by Gasteiger charge is 2.31. The molecule has 5 heteroatoms. The lowest BCUT2D eigenvalue weighted by molar-refractivity contribution is 0.0909. The number of phenolic OH excluding ortho intramolecular Hbond substituents is 1. The molecule has 0 spiro atoms. The van der Waals surface area contributed by atoms with E-state index in [4.69, 9.17) is 4.42 Å². The molecule has 0 fully saturated rings. The van der Waals surface area contributed by atoms with Gasteiger partial charge in [-0.15, -0.1) is 0 Å². The first kappa shape index (κ1) is 20.1. The lowest BCUT2D eigenvalue weighted by Crippen LogP contribution is -2.29. The highest BCUT2D eigenvalue weighted by atomic mass is 16.4. The SMILES string of the molecule is Cc1c(C(=O)NC(c2ccccc2)c2c(O)ccc3ccccc23)oc2c1C(=O)CCC2. The molecule has 1 atom stereocenters. The molecule has 1 aliphatic rings. The zero-order chi connectivity index (χ0) is 22.2. The predicted molar refractivity (Wildman–Crippen MR) is 122 cm³/mol. The van der Waals surface area contributed by atoms with Gasteiger partial charge in [-0.2, -0.15) is 0 Å². The first-order chi connectivity index (χ1) is 15.5. The lowest BCUT2D eigenvalue weighted by atomic mass is 9.92. The van der Waals surface area contributed by atoms with Crippen LogP contribution in [0.1, 0.15) is 62.2 Å². The van der Waals surface area contributed by atoms with E-state index in [1.165, 1.54) is 0 Å². The zero-order valence-corrected chi connectivity index (χ0v) is 17.7. The molecule has 0 bridgehead atoms. The molecule has 3 aromatic carbocycles. The highest BCUT2D eigenvalue weighted by Crippen LogP contribution is 2.36. The molecule has 5 rings (SSSR count).